The van der Waals surface area contributed by atoms with Crippen molar-refractivity contribution in [3.05, 3.63) is 11.7 Å². The minimum Gasteiger partial charge on any atom is -0.382 e. The van der Waals surface area contributed by atoms with Crippen molar-refractivity contribution >= 4 is 28.5 Å². The van der Waals surface area contributed by atoms with Crippen LogP contribution in [0, 0.1) is 0 Å². The fourth-order valence-corrected chi connectivity index (χ4v) is 1.68. The lowest BCUT2D eigenvalue weighted by molar-refractivity contribution is 1.13. The van der Waals surface area contributed by atoms with Gasteiger partial charge in [-0.1, -0.05) is 4.49 Å². The predicted octanol–water partition coefficient (Wildman–Crippen LogP) is 0.454. The number of H-pyrrole nitrogens is 1. The highest BCUT2D eigenvalue weighted by molar-refractivity contribution is 7.03. The molecule has 0 amide bonds. The van der Waals surface area contributed by atoms with E-state index in [1.165, 1.54) is 17.9 Å². The first-order valence-corrected chi connectivity index (χ1v) is 4.92. The van der Waals surface area contributed by atoms with E-state index in [9.17, 15) is 0 Å². The van der Waals surface area contributed by atoms with Crippen LogP contribution in [0.25, 0.3) is 22.7 Å². The zero-order valence-corrected chi connectivity index (χ0v) is 8.19. The van der Waals surface area contributed by atoms with Crippen molar-refractivity contribution in [3.63, 3.8) is 0 Å². The Balaban J connectivity index is 2.27. The normalized spacial score (nSPS) is 10.9. The number of rotatable bonds is 1. The van der Waals surface area contributed by atoms with Crippen LogP contribution in [0.15, 0.2) is 11.7 Å². The van der Waals surface area contributed by atoms with E-state index in [-0.39, 0.29) is 0 Å². The molecule has 0 radical (unpaired) electrons. The van der Waals surface area contributed by atoms with Gasteiger partial charge in [0.1, 0.15) is 17.5 Å². The van der Waals surface area contributed by atoms with Gasteiger partial charge >= 0.3 is 0 Å². The third-order valence-electron chi connectivity index (χ3n) is 1.92. The molecule has 7 nitrogen and oxygen atoms in total. The van der Waals surface area contributed by atoms with Crippen molar-refractivity contribution in [2.24, 2.45) is 0 Å². The van der Waals surface area contributed by atoms with Gasteiger partial charge in [-0.3, -0.25) is 0 Å². The first kappa shape index (κ1) is 8.24. The Morgan fingerprint density at radius 1 is 1.33 bits per heavy atom. The lowest BCUT2D eigenvalue weighted by atomic mass is 10.5. The third-order valence-corrected chi connectivity index (χ3v) is 2.42. The summed E-state index contributed by atoms with van der Waals surface area (Å²) in [5.41, 5.74) is 7.50. The van der Waals surface area contributed by atoms with Crippen molar-refractivity contribution in [3.8, 4) is 11.5 Å². The van der Waals surface area contributed by atoms with Crippen LogP contribution in [-0.2, 0) is 0 Å². The molecular formula is C7H5N7S. The van der Waals surface area contributed by atoms with Crippen molar-refractivity contribution in [2.45, 2.75) is 0 Å². The predicted molar refractivity (Wildman–Crippen MR) is 55.0 cm³/mol. The number of hydrogen-bond donors (Lipinski definition) is 2. The molecule has 0 aliphatic rings. The van der Waals surface area contributed by atoms with Gasteiger partial charge in [0.05, 0.1) is 0 Å². The summed E-state index contributed by atoms with van der Waals surface area (Å²) in [7, 11) is 0. The number of nitrogens with two attached hydrogens (primary N) is 1. The summed E-state index contributed by atoms with van der Waals surface area (Å²) in [5.74, 6) is 0.980. The van der Waals surface area contributed by atoms with Crippen LogP contribution < -0.4 is 5.73 Å². The molecular weight excluding hydrogens is 214 g/mol. The van der Waals surface area contributed by atoms with E-state index in [2.05, 4.69) is 29.5 Å². The molecule has 0 saturated heterocycles. The summed E-state index contributed by atoms with van der Waals surface area (Å²) in [6, 6.07) is 0. The Morgan fingerprint density at radius 2 is 2.27 bits per heavy atom. The van der Waals surface area contributed by atoms with E-state index in [1.54, 1.807) is 5.38 Å². The second-order valence-electron chi connectivity index (χ2n) is 2.83. The third kappa shape index (κ3) is 1.22. The molecule has 3 N–H and O–H groups in total. The fourth-order valence-electron chi connectivity index (χ4n) is 1.24. The van der Waals surface area contributed by atoms with Crippen LogP contribution >= 0.6 is 11.5 Å². The van der Waals surface area contributed by atoms with Gasteiger partial charge in [-0.15, -0.1) is 5.10 Å². The number of aromatic amines is 1. The highest BCUT2D eigenvalue weighted by Crippen LogP contribution is 2.19. The number of nitrogen functional groups attached to an aromatic ring is 1. The number of fused-ring (bicyclic) bond motifs is 1. The maximum absolute atomic E-state index is 5.67. The number of nitrogens with zero attached hydrogens (tertiary/aromatic N) is 5. The molecule has 15 heavy (non-hydrogen) atoms. The first-order chi connectivity index (χ1) is 7.34. The highest BCUT2D eigenvalue weighted by atomic mass is 32.1. The van der Waals surface area contributed by atoms with Gasteiger partial charge in [-0.2, -0.15) is 0 Å². The molecule has 0 spiro atoms. The van der Waals surface area contributed by atoms with Crippen molar-refractivity contribution in [2.75, 3.05) is 5.73 Å². The highest BCUT2D eigenvalue weighted by Gasteiger charge is 2.10. The largest absolute Gasteiger partial charge is 0.382 e. The lowest BCUT2D eigenvalue weighted by Crippen LogP contribution is -1.91. The van der Waals surface area contributed by atoms with Crippen LogP contribution in [0.3, 0.4) is 0 Å². The Labute approximate surface area is 87.6 Å². The molecule has 0 unspecified atom stereocenters. The standard InChI is InChI=1S/C7H5N7S/c8-5-4-7(10-2-9-5)12-6(11-4)3-1-15-14-13-3/h1-2H,(H3,8,9,10,11,12). The number of hydrogen-bond acceptors (Lipinski definition) is 7. The van der Waals surface area contributed by atoms with Gasteiger partial charge in [0.2, 0.25) is 0 Å². The summed E-state index contributed by atoms with van der Waals surface area (Å²) in [6.45, 7) is 0. The first-order valence-electron chi connectivity index (χ1n) is 4.08. The molecule has 8 heteroatoms. The van der Waals surface area contributed by atoms with Gasteiger partial charge in [0.25, 0.3) is 0 Å². The summed E-state index contributed by atoms with van der Waals surface area (Å²) in [4.78, 5) is 15.1. The van der Waals surface area contributed by atoms with Crippen LogP contribution in [0.1, 0.15) is 0 Å². The maximum Gasteiger partial charge on any atom is 0.183 e. The molecule has 3 aromatic heterocycles. The summed E-state index contributed by atoms with van der Waals surface area (Å²) < 4.78 is 3.76. The topological polar surface area (TPSA) is 106 Å². The van der Waals surface area contributed by atoms with Crippen LogP contribution in [0.2, 0.25) is 0 Å². The minimum absolute atomic E-state index is 0.377. The summed E-state index contributed by atoms with van der Waals surface area (Å²) in [6.07, 6.45) is 1.38. The van der Waals surface area contributed by atoms with Gasteiger partial charge in [-0.05, 0) is 11.5 Å². The number of nitrogens with one attached hydrogen (secondary N) is 1. The lowest BCUT2D eigenvalue weighted by Gasteiger charge is -1.89. The fraction of sp³-hybridized carbons (Fsp3) is 0. The quantitative estimate of drug-likeness (QED) is 0.615. The molecule has 0 aliphatic heterocycles. The zero-order chi connectivity index (χ0) is 10.3. The Kier molecular flexibility index (Phi) is 1.62. The molecule has 3 aromatic rings. The van der Waals surface area contributed by atoms with E-state index < -0.39 is 0 Å². The summed E-state index contributed by atoms with van der Waals surface area (Å²) in [5, 5.41) is 5.69. The van der Waals surface area contributed by atoms with E-state index in [0.717, 1.165) is 0 Å². The van der Waals surface area contributed by atoms with E-state index in [1.807, 2.05) is 0 Å². The SMILES string of the molecule is Nc1ncnc2nc(-c3csnn3)[nH]c12. The van der Waals surface area contributed by atoms with E-state index >= 15 is 0 Å². The van der Waals surface area contributed by atoms with Gasteiger partial charge in [0, 0.05) is 5.38 Å². The van der Waals surface area contributed by atoms with Crippen LogP contribution in [0.5, 0.6) is 0 Å². The average Bonchev–Trinajstić information content (AvgIpc) is 2.86. The smallest absolute Gasteiger partial charge is 0.183 e. The molecule has 0 bridgehead atoms. The average molecular weight is 219 g/mol. The Bertz CT molecular complexity index is 599. The van der Waals surface area contributed by atoms with Crippen LogP contribution in [0.4, 0.5) is 5.82 Å². The Morgan fingerprint density at radius 3 is 3.00 bits per heavy atom. The van der Waals surface area contributed by atoms with Gasteiger partial charge in [-0.25, -0.2) is 15.0 Å². The minimum atomic E-state index is 0.377. The van der Waals surface area contributed by atoms with Crippen LogP contribution in [-0.4, -0.2) is 29.5 Å². The molecule has 0 saturated carbocycles. The number of imidazole rings is 1. The molecule has 74 valence electrons. The van der Waals surface area contributed by atoms with E-state index in [0.29, 0.717) is 28.5 Å². The molecule has 3 rings (SSSR count). The Hall–Kier alpha value is -2.09. The molecule has 3 heterocycles. The monoisotopic (exact) mass is 219 g/mol. The van der Waals surface area contributed by atoms with Gasteiger partial charge < -0.3 is 10.7 Å². The summed E-state index contributed by atoms with van der Waals surface area (Å²) >= 11 is 1.26. The van der Waals surface area contributed by atoms with Gasteiger partial charge in [0.15, 0.2) is 17.3 Å². The molecule has 0 fully saturated rings. The number of anilines is 1. The van der Waals surface area contributed by atoms with Crippen molar-refractivity contribution < 1.29 is 0 Å². The molecule has 0 aliphatic carbocycles. The molecule has 0 atom stereocenters. The second kappa shape index (κ2) is 2.95. The van der Waals surface area contributed by atoms with E-state index in [4.69, 9.17) is 5.73 Å². The van der Waals surface area contributed by atoms with Crippen molar-refractivity contribution in [1.82, 2.24) is 29.5 Å². The maximum atomic E-state index is 5.67. The molecule has 0 aromatic carbocycles. The number of aromatic nitrogens is 6. The second-order valence-corrected chi connectivity index (χ2v) is 3.44. The zero-order valence-electron chi connectivity index (χ0n) is 7.38. The van der Waals surface area contributed by atoms with Crippen molar-refractivity contribution in [1.29, 1.82) is 0 Å².